The Morgan fingerprint density at radius 3 is 2.32 bits per heavy atom. The van der Waals surface area contributed by atoms with Crippen molar-refractivity contribution in [2.24, 2.45) is 5.92 Å². The van der Waals surface area contributed by atoms with Crippen LogP contribution in [0.2, 0.25) is 0 Å². The van der Waals surface area contributed by atoms with Crippen molar-refractivity contribution < 1.29 is 0 Å². The van der Waals surface area contributed by atoms with Crippen LogP contribution in [0.15, 0.2) is 42.5 Å². The fourth-order valence-electron chi connectivity index (χ4n) is 2.82. The number of nitrogens with zero attached hydrogens (tertiary/aromatic N) is 1. The van der Waals surface area contributed by atoms with Crippen molar-refractivity contribution in [1.82, 2.24) is 4.90 Å². The SMILES string of the molecule is CC(C)[C@@H](CCN(C)C)c1cccc2ccccc12. The van der Waals surface area contributed by atoms with Crippen molar-refractivity contribution in [3.05, 3.63) is 48.0 Å². The molecule has 0 saturated carbocycles. The number of hydrogen-bond donors (Lipinski definition) is 0. The average molecular weight is 255 g/mol. The van der Waals surface area contributed by atoms with Crippen molar-refractivity contribution in [3.63, 3.8) is 0 Å². The summed E-state index contributed by atoms with van der Waals surface area (Å²) < 4.78 is 0. The lowest BCUT2D eigenvalue weighted by Crippen LogP contribution is -2.18. The molecule has 0 fully saturated rings. The fourth-order valence-corrected chi connectivity index (χ4v) is 2.82. The Morgan fingerprint density at radius 1 is 0.947 bits per heavy atom. The maximum absolute atomic E-state index is 2.34. The smallest absolute Gasteiger partial charge is 0.00189 e. The van der Waals surface area contributed by atoms with E-state index in [-0.39, 0.29) is 0 Å². The summed E-state index contributed by atoms with van der Waals surface area (Å²) in [7, 11) is 4.31. The van der Waals surface area contributed by atoms with Gasteiger partial charge in [0.1, 0.15) is 0 Å². The first kappa shape index (κ1) is 14.1. The molecule has 2 rings (SSSR count). The van der Waals surface area contributed by atoms with Gasteiger partial charge in [-0.25, -0.2) is 0 Å². The minimum absolute atomic E-state index is 0.633. The molecule has 0 bridgehead atoms. The van der Waals surface area contributed by atoms with Gasteiger partial charge in [-0.2, -0.15) is 0 Å². The average Bonchev–Trinajstić information content (AvgIpc) is 2.38. The van der Waals surface area contributed by atoms with Crippen molar-refractivity contribution in [3.8, 4) is 0 Å². The molecule has 1 heteroatoms. The second-order valence-electron chi connectivity index (χ2n) is 6.01. The lowest BCUT2D eigenvalue weighted by molar-refractivity contribution is 0.353. The van der Waals surface area contributed by atoms with E-state index in [1.807, 2.05) is 0 Å². The molecule has 0 aromatic heterocycles. The largest absolute Gasteiger partial charge is 0.309 e. The van der Waals surface area contributed by atoms with E-state index in [0.29, 0.717) is 11.8 Å². The highest BCUT2D eigenvalue weighted by Gasteiger charge is 2.17. The molecule has 1 nitrogen and oxygen atoms in total. The monoisotopic (exact) mass is 255 g/mol. The Bertz CT molecular complexity index is 523. The van der Waals surface area contributed by atoms with Crippen LogP contribution in [0.4, 0.5) is 0 Å². The van der Waals surface area contributed by atoms with E-state index in [9.17, 15) is 0 Å². The van der Waals surface area contributed by atoms with E-state index in [1.54, 1.807) is 0 Å². The molecule has 0 saturated heterocycles. The number of hydrogen-bond acceptors (Lipinski definition) is 1. The molecule has 0 heterocycles. The van der Waals surface area contributed by atoms with Gasteiger partial charge in [0.05, 0.1) is 0 Å². The van der Waals surface area contributed by atoms with Gasteiger partial charge in [-0.3, -0.25) is 0 Å². The molecule has 0 aliphatic heterocycles. The maximum atomic E-state index is 2.34. The summed E-state index contributed by atoms with van der Waals surface area (Å²) in [5, 5.41) is 2.78. The lowest BCUT2D eigenvalue weighted by atomic mass is 9.83. The molecule has 102 valence electrons. The molecule has 1 atom stereocenters. The van der Waals surface area contributed by atoms with Gasteiger partial charge >= 0.3 is 0 Å². The number of benzene rings is 2. The second-order valence-corrected chi connectivity index (χ2v) is 6.01. The minimum atomic E-state index is 0.633. The predicted octanol–water partition coefficient (Wildman–Crippen LogP) is 4.53. The first-order valence-electron chi connectivity index (χ1n) is 7.22. The Morgan fingerprint density at radius 2 is 1.63 bits per heavy atom. The highest BCUT2D eigenvalue weighted by molar-refractivity contribution is 5.86. The van der Waals surface area contributed by atoms with Crippen LogP contribution in [0.3, 0.4) is 0 Å². The maximum Gasteiger partial charge on any atom is -0.00189 e. The quantitative estimate of drug-likeness (QED) is 0.758. The van der Waals surface area contributed by atoms with Gasteiger partial charge in [-0.15, -0.1) is 0 Å². The van der Waals surface area contributed by atoms with E-state index in [4.69, 9.17) is 0 Å². The molecular formula is C18H25N. The molecule has 0 N–H and O–H groups in total. The Labute approximate surface area is 117 Å². The van der Waals surface area contributed by atoms with Gasteiger partial charge in [0.25, 0.3) is 0 Å². The Kier molecular flexibility index (Phi) is 4.60. The van der Waals surface area contributed by atoms with Crippen LogP contribution >= 0.6 is 0 Å². The van der Waals surface area contributed by atoms with Gasteiger partial charge in [-0.05, 0) is 55.2 Å². The third-order valence-corrected chi connectivity index (χ3v) is 3.91. The molecule has 19 heavy (non-hydrogen) atoms. The molecule has 0 aliphatic carbocycles. The second kappa shape index (κ2) is 6.21. The molecule has 0 aliphatic rings. The Hall–Kier alpha value is -1.34. The van der Waals surface area contributed by atoms with Crippen molar-refractivity contribution in [2.75, 3.05) is 20.6 Å². The van der Waals surface area contributed by atoms with Crippen LogP contribution in [0.25, 0.3) is 10.8 Å². The summed E-state index contributed by atoms with van der Waals surface area (Å²) in [5.41, 5.74) is 1.51. The molecule has 0 radical (unpaired) electrons. The zero-order valence-corrected chi connectivity index (χ0v) is 12.6. The first-order chi connectivity index (χ1) is 9.09. The van der Waals surface area contributed by atoms with Crippen LogP contribution in [-0.2, 0) is 0 Å². The molecule has 0 spiro atoms. The summed E-state index contributed by atoms with van der Waals surface area (Å²) in [6.45, 7) is 5.82. The van der Waals surface area contributed by atoms with Crippen LogP contribution in [0, 0.1) is 5.92 Å². The summed E-state index contributed by atoms with van der Waals surface area (Å²) >= 11 is 0. The Balaban J connectivity index is 2.38. The van der Waals surface area contributed by atoms with Gasteiger partial charge < -0.3 is 4.90 Å². The van der Waals surface area contributed by atoms with E-state index in [0.717, 1.165) is 6.54 Å². The normalized spacial score (nSPS) is 13.4. The topological polar surface area (TPSA) is 3.24 Å². The van der Waals surface area contributed by atoms with Crippen molar-refractivity contribution in [1.29, 1.82) is 0 Å². The first-order valence-corrected chi connectivity index (χ1v) is 7.22. The highest BCUT2D eigenvalue weighted by Crippen LogP contribution is 2.33. The van der Waals surface area contributed by atoms with Crippen molar-refractivity contribution >= 4 is 10.8 Å². The predicted molar refractivity (Wildman–Crippen MR) is 84.7 cm³/mol. The molecule has 2 aromatic carbocycles. The fraction of sp³-hybridized carbons (Fsp3) is 0.444. The molecular weight excluding hydrogens is 230 g/mol. The van der Waals surface area contributed by atoms with E-state index in [2.05, 4.69) is 75.3 Å². The van der Waals surface area contributed by atoms with E-state index >= 15 is 0 Å². The van der Waals surface area contributed by atoms with E-state index < -0.39 is 0 Å². The highest BCUT2D eigenvalue weighted by atomic mass is 15.0. The number of rotatable bonds is 5. The molecule has 0 amide bonds. The number of fused-ring (bicyclic) bond motifs is 1. The summed E-state index contributed by atoms with van der Waals surface area (Å²) in [6, 6.07) is 15.5. The standard InChI is InChI=1S/C18H25N/c1-14(2)16(12-13-19(3)4)18-11-7-9-15-8-5-6-10-17(15)18/h5-11,14,16H,12-13H2,1-4H3/t16-/m1/s1. The molecule has 2 aromatic rings. The summed E-state index contributed by atoms with van der Waals surface area (Å²) in [5.74, 6) is 1.30. The van der Waals surface area contributed by atoms with Gasteiger partial charge in [0.2, 0.25) is 0 Å². The van der Waals surface area contributed by atoms with Gasteiger partial charge in [-0.1, -0.05) is 56.3 Å². The third-order valence-electron chi connectivity index (χ3n) is 3.91. The van der Waals surface area contributed by atoms with Crippen molar-refractivity contribution in [2.45, 2.75) is 26.2 Å². The van der Waals surface area contributed by atoms with E-state index in [1.165, 1.54) is 22.8 Å². The van der Waals surface area contributed by atoms with Gasteiger partial charge in [0.15, 0.2) is 0 Å². The third kappa shape index (κ3) is 3.36. The molecule has 0 unspecified atom stereocenters. The lowest BCUT2D eigenvalue weighted by Gasteiger charge is -2.24. The zero-order valence-electron chi connectivity index (χ0n) is 12.6. The minimum Gasteiger partial charge on any atom is -0.309 e. The van der Waals surface area contributed by atoms with Crippen LogP contribution in [-0.4, -0.2) is 25.5 Å². The summed E-state index contributed by atoms with van der Waals surface area (Å²) in [4.78, 5) is 2.28. The zero-order chi connectivity index (χ0) is 13.8. The van der Waals surface area contributed by atoms with Crippen LogP contribution in [0.5, 0.6) is 0 Å². The van der Waals surface area contributed by atoms with Gasteiger partial charge in [0, 0.05) is 0 Å². The van der Waals surface area contributed by atoms with Crippen LogP contribution in [0.1, 0.15) is 31.7 Å². The van der Waals surface area contributed by atoms with Crippen LogP contribution < -0.4 is 0 Å². The summed E-state index contributed by atoms with van der Waals surface area (Å²) in [6.07, 6.45) is 1.22.